The maximum absolute atomic E-state index is 11.9. The van der Waals surface area contributed by atoms with Gasteiger partial charge in [0.2, 0.25) is 5.91 Å². The van der Waals surface area contributed by atoms with Crippen molar-refractivity contribution in [2.24, 2.45) is 5.92 Å². The Hall–Kier alpha value is -2.54. The van der Waals surface area contributed by atoms with Crippen LogP contribution in [0, 0.1) is 5.92 Å². The second-order valence-electron chi connectivity index (χ2n) is 8.12. The number of carboxylic acid groups (broad SMARTS) is 1. The van der Waals surface area contributed by atoms with E-state index in [0.29, 0.717) is 19.4 Å². The van der Waals surface area contributed by atoms with Crippen LogP contribution < -0.4 is 15.4 Å². The largest absolute Gasteiger partial charge is 0.494 e. The summed E-state index contributed by atoms with van der Waals surface area (Å²) in [4.78, 5) is 26.7. The second kappa shape index (κ2) is 11.0. The molecular formula is C23H33N3O4. The van der Waals surface area contributed by atoms with E-state index in [4.69, 9.17) is 4.74 Å². The van der Waals surface area contributed by atoms with Crippen molar-refractivity contribution >= 4 is 22.8 Å². The third-order valence-electron chi connectivity index (χ3n) is 5.76. The lowest BCUT2D eigenvalue weighted by Crippen LogP contribution is -2.42. The number of piperidine rings is 1. The smallest absolute Gasteiger partial charge is 0.326 e. The minimum atomic E-state index is -1.03. The number of ether oxygens (including phenoxy) is 1. The van der Waals surface area contributed by atoms with Crippen LogP contribution in [0.25, 0.3) is 10.9 Å². The predicted octanol–water partition coefficient (Wildman–Crippen LogP) is 3.24. The fourth-order valence-corrected chi connectivity index (χ4v) is 4.06. The number of benzene rings is 1. The third-order valence-corrected chi connectivity index (χ3v) is 5.76. The van der Waals surface area contributed by atoms with E-state index >= 15 is 0 Å². The van der Waals surface area contributed by atoms with Crippen LogP contribution in [0.5, 0.6) is 5.75 Å². The number of nitrogens with one attached hydrogen (secondary N) is 3. The van der Waals surface area contributed by atoms with Gasteiger partial charge in [-0.25, -0.2) is 4.79 Å². The first kappa shape index (κ1) is 22.2. The number of hydrogen-bond acceptors (Lipinski definition) is 4. The van der Waals surface area contributed by atoms with Gasteiger partial charge in [-0.05, 0) is 74.9 Å². The molecule has 0 saturated carbocycles. The molecule has 2 heterocycles. The molecule has 0 spiro atoms. The topological polar surface area (TPSA) is 103 Å². The molecular weight excluding hydrogens is 382 g/mol. The van der Waals surface area contributed by atoms with Gasteiger partial charge >= 0.3 is 5.97 Å². The minimum Gasteiger partial charge on any atom is -0.494 e. The Morgan fingerprint density at radius 3 is 2.83 bits per heavy atom. The summed E-state index contributed by atoms with van der Waals surface area (Å²) in [6, 6.07) is 4.90. The summed E-state index contributed by atoms with van der Waals surface area (Å²) in [5.41, 5.74) is 1.78. The van der Waals surface area contributed by atoms with E-state index in [2.05, 4.69) is 15.6 Å². The van der Waals surface area contributed by atoms with Crippen LogP contribution in [0.2, 0.25) is 0 Å². The Labute approximate surface area is 177 Å². The standard InChI is InChI=1S/C23H33N3O4/c1-2-4-22(27)26-21(23(28)29)13-17-15-25-20-7-6-18(14-19(17)20)30-12-3-5-16-8-10-24-11-9-16/h6-7,14-16,21,24-25H,2-5,8-13H2,1H3,(H,26,27)(H,28,29)/t21-/m0/s1. The molecule has 7 heteroatoms. The highest BCUT2D eigenvalue weighted by atomic mass is 16.5. The average Bonchev–Trinajstić information content (AvgIpc) is 3.14. The van der Waals surface area contributed by atoms with E-state index in [1.54, 1.807) is 0 Å². The average molecular weight is 416 g/mol. The van der Waals surface area contributed by atoms with Gasteiger partial charge in [-0.2, -0.15) is 0 Å². The maximum atomic E-state index is 11.9. The van der Waals surface area contributed by atoms with Crippen molar-refractivity contribution in [3.05, 3.63) is 30.0 Å². The van der Waals surface area contributed by atoms with Crippen molar-refractivity contribution in [1.29, 1.82) is 0 Å². The zero-order valence-electron chi connectivity index (χ0n) is 17.7. The monoisotopic (exact) mass is 415 g/mol. The van der Waals surface area contributed by atoms with Gasteiger partial charge in [0.05, 0.1) is 6.61 Å². The molecule has 1 amide bonds. The SMILES string of the molecule is CCCC(=O)N[C@@H](Cc1c[nH]c2ccc(OCCCC3CCNCC3)cc12)C(=O)O. The fraction of sp³-hybridized carbons (Fsp3) is 0.565. The van der Waals surface area contributed by atoms with Gasteiger partial charge in [-0.1, -0.05) is 6.92 Å². The van der Waals surface area contributed by atoms with Crippen LogP contribution in [-0.4, -0.2) is 47.7 Å². The third kappa shape index (κ3) is 6.23. The van der Waals surface area contributed by atoms with Crippen molar-refractivity contribution in [2.45, 2.75) is 57.9 Å². The first-order chi connectivity index (χ1) is 14.6. The molecule has 0 bridgehead atoms. The number of carbonyl (C=O) groups excluding carboxylic acids is 1. The van der Waals surface area contributed by atoms with E-state index in [1.165, 1.54) is 19.3 Å². The molecule has 1 aromatic heterocycles. The molecule has 30 heavy (non-hydrogen) atoms. The molecule has 164 valence electrons. The molecule has 1 saturated heterocycles. The summed E-state index contributed by atoms with van der Waals surface area (Å²) in [6.45, 7) is 4.81. The van der Waals surface area contributed by atoms with Crippen LogP contribution in [-0.2, 0) is 16.0 Å². The van der Waals surface area contributed by atoms with Crippen molar-refractivity contribution in [3.63, 3.8) is 0 Å². The lowest BCUT2D eigenvalue weighted by atomic mass is 9.93. The van der Waals surface area contributed by atoms with Gasteiger partial charge < -0.3 is 25.5 Å². The lowest BCUT2D eigenvalue weighted by Gasteiger charge is -2.22. The summed E-state index contributed by atoms with van der Waals surface area (Å²) < 4.78 is 5.96. The highest BCUT2D eigenvalue weighted by molar-refractivity contribution is 5.87. The lowest BCUT2D eigenvalue weighted by molar-refractivity contribution is -0.141. The molecule has 1 aliphatic heterocycles. The molecule has 1 aliphatic rings. The van der Waals surface area contributed by atoms with Gasteiger partial charge in [-0.15, -0.1) is 0 Å². The summed E-state index contributed by atoms with van der Waals surface area (Å²) in [5.74, 6) is 0.321. The normalized spacial score (nSPS) is 15.8. The quantitative estimate of drug-likeness (QED) is 0.422. The number of aromatic nitrogens is 1. The van der Waals surface area contributed by atoms with E-state index in [9.17, 15) is 14.7 Å². The Morgan fingerprint density at radius 2 is 2.10 bits per heavy atom. The van der Waals surface area contributed by atoms with Gasteiger partial charge in [0.25, 0.3) is 0 Å². The minimum absolute atomic E-state index is 0.226. The highest BCUT2D eigenvalue weighted by Crippen LogP contribution is 2.25. The molecule has 2 aromatic rings. The number of aliphatic carboxylic acids is 1. The molecule has 1 fully saturated rings. The molecule has 0 radical (unpaired) electrons. The first-order valence-corrected chi connectivity index (χ1v) is 11.0. The van der Waals surface area contributed by atoms with Gasteiger partial charge in [0.1, 0.15) is 11.8 Å². The molecule has 1 aromatic carbocycles. The Balaban J connectivity index is 1.59. The molecule has 1 atom stereocenters. The molecule has 0 unspecified atom stereocenters. The van der Waals surface area contributed by atoms with Gasteiger partial charge in [0.15, 0.2) is 0 Å². The maximum Gasteiger partial charge on any atom is 0.326 e. The van der Waals surface area contributed by atoms with E-state index in [1.807, 2.05) is 31.3 Å². The van der Waals surface area contributed by atoms with E-state index in [0.717, 1.165) is 47.6 Å². The Morgan fingerprint density at radius 1 is 1.30 bits per heavy atom. The fourth-order valence-electron chi connectivity index (χ4n) is 4.06. The number of hydrogen-bond donors (Lipinski definition) is 4. The van der Waals surface area contributed by atoms with Crippen LogP contribution in [0.15, 0.2) is 24.4 Å². The molecule has 7 nitrogen and oxygen atoms in total. The van der Waals surface area contributed by atoms with Crippen LogP contribution in [0.4, 0.5) is 0 Å². The predicted molar refractivity (Wildman–Crippen MR) is 117 cm³/mol. The van der Waals surface area contributed by atoms with E-state index in [-0.39, 0.29) is 12.3 Å². The first-order valence-electron chi connectivity index (χ1n) is 11.0. The van der Waals surface area contributed by atoms with Crippen LogP contribution in [0.3, 0.4) is 0 Å². The van der Waals surface area contributed by atoms with Crippen LogP contribution >= 0.6 is 0 Å². The zero-order valence-corrected chi connectivity index (χ0v) is 17.7. The number of aromatic amines is 1. The Kier molecular flexibility index (Phi) is 8.13. The van der Waals surface area contributed by atoms with Crippen LogP contribution in [0.1, 0.15) is 51.0 Å². The molecule has 3 rings (SSSR count). The summed E-state index contributed by atoms with van der Waals surface area (Å²) in [6.07, 6.45) is 7.77. The highest BCUT2D eigenvalue weighted by Gasteiger charge is 2.21. The summed E-state index contributed by atoms with van der Waals surface area (Å²) in [5, 5.41) is 16.5. The van der Waals surface area contributed by atoms with Crippen molar-refractivity contribution in [3.8, 4) is 5.75 Å². The number of carbonyl (C=O) groups is 2. The number of rotatable bonds is 11. The molecule has 4 N–H and O–H groups in total. The van der Waals surface area contributed by atoms with Crippen molar-refractivity contribution < 1.29 is 19.4 Å². The van der Waals surface area contributed by atoms with Gasteiger partial charge in [-0.3, -0.25) is 4.79 Å². The molecule has 0 aliphatic carbocycles. The second-order valence-corrected chi connectivity index (χ2v) is 8.12. The number of fused-ring (bicyclic) bond motifs is 1. The van der Waals surface area contributed by atoms with Crippen molar-refractivity contribution in [2.75, 3.05) is 19.7 Å². The Bertz CT molecular complexity index is 842. The van der Waals surface area contributed by atoms with Crippen molar-refractivity contribution in [1.82, 2.24) is 15.6 Å². The number of amides is 1. The number of H-pyrrole nitrogens is 1. The number of carboxylic acids is 1. The summed E-state index contributed by atoms with van der Waals surface area (Å²) >= 11 is 0. The summed E-state index contributed by atoms with van der Waals surface area (Å²) in [7, 11) is 0. The van der Waals surface area contributed by atoms with E-state index < -0.39 is 12.0 Å². The zero-order chi connectivity index (χ0) is 21.3. The van der Waals surface area contributed by atoms with Gasteiger partial charge in [0, 0.05) is 29.9 Å².